The van der Waals surface area contributed by atoms with Crippen LogP contribution in [-0.2, 0) is 6.54 Å². The van der Waals surface area contributed by atoms with Crippen molar-refractivity contribution in [2.75, 3.05) is 6.61 Å². The normalized spacial score (nSPS) is 10.2. The molecule has 3 nitrogen and oxygen atoms in total. The average molecular weight is 215 g/mol. The van der Waals surface area contributed by atoms with Gasteiger partial charge in [0.15, 0.2) is 0 Å². The molecule has 0 unspecified atom stereocenters. The van der Waals surface area contributed by atoms with Gasteiger partial charge < -0.3 is 4.74 Å². The van der Waals surface area contributed by atoms with Gasteiger partial charge in [-0.3, -0.25) is 11.3 Å². The highest BCUT2D eigenvalue weighted by molar-refractivity contribution is 6.32. The maximum atomic E-state index is 5.96. The Bertz CT molecular complexity index is 291. The molecule has 0 atom stereocenters. The predicted octanol–water partition coefficient (Wildman–Crippen LogP) is 2.09. The molecular formula is C10H15ClN2O. The van der Waals surface area contributed by atoms with Crippen molar-refractivity contribution < 1.29 is 4.74 Å². The van der Waals surface area contributed by atoms with Crippen molar-refractivity contribution in [3.8, 4) is 5.75 Å². The van der Waals surface area contributed by atoms with Crippen molar-refractivity contribution in [3.05, 3.63) is 28.8 Å². The second kappa shape index (κ2) is 5.86. The quantitative estimate of drug-likeness (QED) is 0.583. The molecule has 0 bridgehead atoms. The van der Waals surface area contributed by atoms with Crippen molar-refractivity contribution in [1.82, 2.24) is 5.43 Å². The lowest BCUT2D eigenvalue weighted by molar-refractivity contribution is 0.317. The van der Waals surface area contributed by atoms with Gasteiger partial charge in [0.25, 0.3) is 0 Å². The number of hydrogen-bond acceptors (Lipinski definition) is 3. The van der Waals surface area contributed by atoms with Gasteiger partial charge in [-0.25, -0.2) is 0 Å². The number of nitrogens with one attached hydrogen (secondary N) is 1. The van der Waals surface area contributed by atoms with E-state index in [2.05, 4.69) is 12.3 Å². The molecule has 0 saturated carbocycles. The van der Waals surface area contributed by atoms with Crippen molar-refractivity contribution in [2.24, 2.45) is 5.84 Å². The lowest BCUT2D eigenvalue weighted by atomic mass is 10.2. The SMILES string of the molecule is CCCOc1cc(CNN)ccc1Cl. The van der Waals surface area contributed by atoms with Crippen LogP contribution in [0.4, 0.5) is 0 Å². The molecule has 4 heteroatoms. The fourth-order valence-electron chi connectivity index (χ4n) is 1.10. The van der Waals surface area contributed by atoms with Gasteiger partial charge in [-0.1, -0.05) is 24.6 Å². The van der Waals surface area contributed by atoms with E-state index in [0.29, 0.717) is 18.2 Å². The van der Waals surface area contributed by atoms with Crippen LogP contribution in [0.25, 0.3) is 0 Å². The van der Waals surface area contributed by atoms with E-state index in [1.807, 2.05) is 18.2 Å². The number of hydrogen-bond donors (Lipinski definition) is 2. The fraction of sp³-hybridized carbons (Fsp3) is 0.400. The Morgan fingerprint density at radius 3 is 2.93 bits per heavy atom. The van der Waals surface area contributed by atoms with Crippen molar-refractivity contribution in [2.45, 2.75) is 19.9 Å². The zero-order chi connectivity index (χ0) is 10.4. The van der Waals surface area contributed by atoms with Crippen LogP contribution in [0, 0.1) is 0 Å². The van der Waals surface area contributed by atoms with E-state index in [-0.39, 0.29) is 0 Å². The third kappa shape index (κ3) is 3.18. The van der Waals surface area contributed by atoms with Gasteiger partial charge in [0, 0.05) is 6.54 Å². The molecule has 1 aromatic rings. The topological polar surface area (TPSA) is 47.3 Å². The summed E-state index contributed by atoms with van der Waals surface area (Å²) in [5.74, 6) is 5.95. The van der Waals surface area contributed by atoms with Crippen LogP contribution in [0.1, 0.15) is 18.9 Å². The first-order chi connectivity index (χ1) is 6.77. The van der Waals surface area contributed by atoms with Gasteiger partial charge >= 0.3 is 0 Å². The summed E-state index contributed by atoms with van der Waals surface area (Å²) in [6, 6.07) is 5.64. The van der Waals surface area contributed by atoms with Crippen molar-refractivity contribution >= 4 is 11.6 Å². The van der Waals surface area contributed by atoms with Crippen molar-refractivity contribution in [3.63, 3.8) is 0 Å². The molecule has 0 saturated heterocycles. The molecule has 0 fully saturated rings. The molecule has 0 aliphatic rings. The van der Waals surface area contributed by atoms with E-state index in [1.165, 1.54) is 0 Å². The van der Waals surface area contributed by atoms with Crippen molar-refractivity contribution in [1.29, 1.82) is 0 Å². The minimum atomic E-state index is 0.611. The van der Waals surface area contributed by atoms with Crippen LogP contribution < -0.4 is 16.0 Å². The first-order valence-corrected chi connectivity index (χ1v) is 5.00. The van der Waals surface area contributed by atoms with Crippen LogP contribution >= 0.6 is 11.6 Å². The van der Waals surface area contributed by atoms with E-state index in [4.69, 9.17) is 22.2 Å². The van der Waals surface area contributed by atoms with Gasteiger partial charge in [-0.15, -0.1) is 0 Å². The molecule has 0 spiro atoms. The summed E-state index contributed by atoms with van der Waals surface area (Å²) in [6.45, 7) is 3.35. The molecule has 1 aromatic carbocycles. The zero-order valence-corrected chi connectivity index (χ0v) is 8.97. The van der Waals surface area contributed by atoms with Gasteiger partial charge in [0.05, 0.1) is 11.6 Å². The summed E-state index contributed by atoms with van der Waals surface area (Å²) < 4.78 is 5.47. The molecule has 0 aliphatic heterocycles. The van der Waals surface area contributed by atoms with E-state index < -0.39 is 0 Å². The molecule has 14 heavy (non-hydrogen) atoms. The van der Waals surface area contributed by atoms with Gasteiger partial charge in [-0.2, -0.15) is 0 Å². The number of nitrogens with two attached hydrogens (primary N) is 1. The zero-order valence-electron chi connectivity index (χ0n) is 8.22. The molecular weight excluding hydrogens is 200 g/mol. The molecule has 78 valence electrons. The minimum absolute atomic E-state index is 0.611. The third-order valence-corrected chi connectivity index (χ3v) is 2.08. The Morgan fingerprint density at radius 2 is 2.29 bits per heavy atom. The van der Waals surface area contributed by atoms with Gasteiger partial charge in [-0.05, 0) is 24.1 Å². The third-order valence-electron chi connectivity index (χ3n) is 1.76. The average Bonchev–Trinajstić information content (AvgIpc) is 2.19. The maximum Gasteiger partial charge on any atom is 0.138 e. The van der Waals surface area contributed by atoms with Crippen LogP contribution in [-0.4, -0.2) is 6.61 Å². The van der Waals surface area contributed by atoms with E-state index in [9.17, 15) is 0 Å². The molecule has 0 aromatic heterocycles. The molecule has 3 N–H and O–H groups in total. The Labute approximate surface area is 89.2 Å². The number of ether oxygens (including phenoxy) is 1. The highest BCUT2D eigenvalue weighted by Gasteiger charge is 2.02. The minimum Gasteiger partial charge on any atom is -0.492 e. The number of rotatable bonds is 5. The first-order valence-electron chi connectivity index (χ1n) is 4.62. The molecule has 0 amide bonds. The number of benzene rings is 1. The summed E-state index contributed by atoms with van der Waals surface area (Å²) in [4.78, 5) is 0. The predicted molar refractivity (Wildman–Crippen MR) is 58.3 cm³/mol. The fourth-order valence-corrected chi connectivity index (χ4v) is 1.27. The number of hydrazine groups is 1. The van der Waals surface area contributed by atoms with Gasteiger partial charge in [0.2, 0.25) is 0 Å². The summed E-state index contributed by atoms with van der Waals surface area (Å²) in [6.07, 6.45) is 0.968. The number of halogens is 1. The van der Waals surface area contributed by atoms with E-state index in [1.54, 1.807) is 0 Å². The lowest BCUT2D eigenvalue weighted by Crippen LogP contribution is -2.20. The molecule has 1 rings (SSSR count). The molecule has 0 aliphatic carbocycles. The summed E-state index contributed by atoms with van der Waals surface area (Å²) >= 11 is 5.96. The Hall–Kier alpha value is -0.770. The Kier molecular flexibility index (Phi) is 4.73. The highest BCUT2D eigenvalue weighted by Crippen LogP contribution is 2.25. The standard InChI is InChI=1S/C10H15ClN2O/c1-2-5-14-10-6-8(7-13-12)3-4-9(10)11/h3-4,6,13H,2,5,7,12H2,1H3. The summed E-state index contributed by atoms with van der Waals surface area (Å²) in [7, 11) is 0. The molecule has 0 radical (unpaired) electrons. The van der Waals surface area contributed by atoms with Crippen LogP contribution in [0.5, 0.6) is 5.75 Å². The van der Waals surface area contributed by atoms with E-state index in [0.717, 1.165) is 17.7 Å². The van der Waals surface area contributed by atoms with Gasteiger partial charge in [0.1, 0.15) is 5.75 Å². The first kappa shape index (κ1) is 11.3. The Balaban J connectivity index is 2.74. The highest BCUT2D eigenvalue weighted by atomic mass is 35.5. The maximum absolute atomic E-state index is 5.96. The van der Waals surface area contributed by atoms with Crippen LogP contribution in [0.3, 0.4) is 0 Å². The Morgan fingerprint density at radius 1 is 1.50 bits per heavy atom. The lowest BCUT2D eigenvalue weighted by Gasteiger charge is -2.08. The second-order valence-electron chi connectivity index (χ2n) is 2.99. The smallest absolute Gasteiger partial charge is 0.138 e. The molecule has 0 heterocycles. The summed E-state index contributed by atoms with van der Waals surface area (Å²) in [5.41, 5.74) is 3.65. The second-order valence-corrected chi connectivity index (χ2v) is 3.40. The van der Waals surface area contributed by atoms with Crippen LogP contribution in [0.15, 0.2) is 18.2 Å². The van der Waals surface area contributed by atoms with Crippen LogP contribution in [0.2, 0.25) is 5.02 Å². The monoisotopic (exact) mass is 214 g/mol. The van der Waals surface area contributed by atoms with E-state index >= 15 is 0 Å². The summed E-state index contributed by atoms with van der Waals surface area (Å²) in [5, 5.41) is 0.638. The largest absolute Gasteiger partial charge is 0.492 e.